The number of H-pyrrole nitrogens is 1. The Kier molecular flexibility index (Phi) is 24.9. The number of unbranched alkanes of at least 4 members (excludes halogenated alkanes) is 2. The van der Waals surface area contributed by atoms with Crippen LogP contribution in [0.25, 0.3) is 10.9 Å². The number of Topliss-reactive ketones (excluding diaryl/α,β-unsaturated/α-hetero) is 1. The van der Waals surface area contributed by atoms with Crippen LogP contribution in [0.15, 0.2) is 72.8 Å². The minimum Gasteiger partial charge on any atom is -0.496 e. The highest BCUT2D eigenvalue weighted by Gasteiger charge is 2.76. The number of aliphatic hydroxyl groups is 3. The maximum Gasteiger partial charge on any atom is 0.373 e. The van der Waals surface area contributed by atoms with Crippen molar-refractivity contribution in [2.24, 2.45) is 17.3 Å². The monoisotopic (exact) mass is 1500 g/mol. The number of benzene rings is 3. The van der Waals surface area contributed by atoms with E-state index in [0.29, 0.717) is 50.6 Å². The summed E-state index contributed by atoms with van der Waals surface area (Å²) in [6, 6.07) is 18.1. The summed E-state index contributed by atoms with van der Waals surface area (Å²) >= 11 is 0. The number of fused-ring (bicyclic) bond motifs is 6. The van der Waals surface area contributed by atoms with Crippen LogP contribution < -0.4 is 31.2 Å². The van der Waals surface area contributed by atoms with Gasteiger partial charge in [0.25, 0.3) is 0 Å². The summed E-state index contributed by atoms with van der Waals surface area (Å²) in [4.78, 5) is 126. The van der Waals surface area contributed by atoms with E-state index in [1.54, 1.807) is 19.2 Å². The van der Waals surface area contributed by atoms with Crippen LogP contribution in [0.2, 0.25) is 32.2 Å². The predicted octanol–water partition coefficient (Wildman–Crippen LogP) is 7.60. The van der Waals surface area contributed by atoms with Gasteiger partial charge in [0.05, 0.1) is 24.4 Å². The summed E-state index contributed by atoms with van der Waals surface area (Å²) in [7, 11) is -3.90. The van der Waals surface area contributed by atoms with Crippen molar-refractivity contribution in [1.82, 2.24) is 36.1 Å². The first-order valence-electron chi connectivity index (χ1n) is 37.3. The van der Waals surface area contributed by atoms with E-state index in [9.17, 15) is 69.0 Å². The molecule has 4 amide bonds. The fourth-order valence-electron chi connectivity index (χ4n) is 19.4. The molecule has 1 spiro atoms. The molecular weight excluding hydrogens is 1400 g/mol. The summed E-state index contributed by atoms with van der Waals surface area (Å²) in [5.41, 5.74) is -1.23. The Hall–Kier alpha value is -7.93. The highest BCUT2D eigenvalue weighted by molar-refractivity contribution is 6.92. The number of aliphatic carboxylic acids is 4. The average Bonchev–Trinajstić information content (AvgIpc) is 1.47. The summed E-state index contributed by atoms with van der Waals surface area (Å²) in [6.45, 7) is 22.9. The molecule has 3 aromatic carbocycles. The van der Waals surface area contributed by atoms with Crippen LogP contribution >= 0.6 is 0 Å². The fraction of sp³-hybridized carbons (Fsp3) is 0.603. The van der Waals surface area contributed by atoms with Crippen LogP contribution in [-0.4, -0.2) is 208 Å². The lowest BCUT2D eigenvalue weighted by Gasteiger charge is -2.64. The smallest absolute Gasteiger partial charge is 0.373 e. The second kappa shape index (κ2) is 32.1. The number of ether oxygens (including phenoxy) is 1. The number of hydrogen-bond acceptors (Lipinski definition) is 17. The summed E-state index contributed by atoms with van der Waals surface area (Å²) in [5, 5.41) is 90.0. The Morgan fingerprint density at radius 2 is 1.47 bits per heavy atom. The second-order valence-electron chi connectivity index (χ2n) is 32.6. The molecule has 14 atom stereocenters. The van der Waals surface area contributed by atoms with Gasteiger partial charge in [-0.05, 0) is 176 Å². The molecule has 2 saturated heterocycles. The van der Waals surface area contributed by atoms with Crippen LogP contribution in [0, 0.1) is 17.3 Å². The number of carboxylic acid groups (broad SMARTS) is 4. The van der Waals surface area contributed by atoms with Gasteiger partial charge in [-0.1, -0.05) is 87.9 Å². The maximum absolute atomic E-state index is 14.8. The van der Waals surface area contributed by atoms with E-state index in [1.165, 1.54) is 22.2 Å². The lowest BCUT2D eigenvalue weighted by Crippen LogP contribution is -2.74. The third kappa shape index (κ3) is 16.4. The molecule has 3 fully saturated rings. The molecule has 10 rings (SSSR count). The van der Waals surface area contributed by atoms with E-state index in [1.807, 2.05) is 38.3 Å². The number of aromatic amines is 1. The molecule has 2 aliphatic carbocycles. The Bertz CT molecular complexity index is 4050. The largest absolute Gasteiger partial charge is 0.496 e. The number of ketones is 1. The van der Waals surface area contributed by atoms with Crippen molar-refractivity contribution in [3.63, 3.8) is 0 Å². The van der Waals surface area contributed by atoms with Crippen LogP contribution in [0.4, 0.5) is 4.79 Å². The number of aliphatic hydroxyl groups excluding tert-OH is 1. The van der Waals surface area contributed by atoms with Gasteiger partial charge in [0.15, 0.2) is 14.1 Å². The molecule has 4 aliphatic heterocycles. The number of methoxy groups -OCH3 is 1. The van der Waals surface area contributed by atoms with Gasteiger partial charge in [0.1, 0.15) is 22.9 Å². The number of carbonyl (C=O) groups is 8. The number of rotatable bonds is 31. The fourth-order valence-corrected chi connectivity index (χ4v) is 28.0. The first-order valence-corrected chi connectivity index (χ1v) is 43.3. The van der Waals surface area contributed by atoms with Crippen molar-refractivity contribution in [2.45, 2.75) is 234 Å². The molecule has 1 aromatic heterocycles. The molecule has 0 radical (unpaired) electrons. The van der Waals surface area contributed by atoms with Gasteiger partial charge in [-0.25, -0.2) is 14.4 Å². The van der Waals surface area contributed by atoms with Crippen LogP contribution in [0.3, 0.4) is 0 Å². The highest BCUT2D eigenvalue weighted by Crippen LogP contribution is 2.71. The van der Waals surface area contributed by atoms with Crippen molar-refractivity contribution < 1.29 is 92.5 Å². The molecule has 5 heterocycles. The molecular formula is C78H109N7O19Si2. The van der Waals surface area contributed by atoms with E-state index in [-0.39, 0.29) is 74.5 Å². The van der Waals surface area contributed by atoms with Crippen molar-refractivity contribution in [1.29, 1.82) is 0 Å². The maximum atomic E-state index is 14.8. The molecule has 6 aliphatic rings. The number of urea groups is 1. The van der Waals surface area contributed by atoms with E-state index >= 15 is 0 Å². The summed E-state index contributed by atoms with van der Waals surface area (Å²) in [6.07, 6.45) is 7.21. The zero-order valence-electron chi connectivity index (χ0n) is 63.1. The number of carboxylic acids is 4. The Morgan fingerprint density at radius 3 is 2.09 bits per heavy atom. The molecule has 28 heteroatoms. The first kappa shape index (κ1) is 82.1. The molecule has 2 bridgehead atoms. The molecule has 578 valence electrons. The number of carbonyl (C=O) groups excluding carboxylic acids is 6. The second-order valence-corrected chi connectivity index (χ2v) is 40.9. The lowest BCUT2D eigenvalue weighted by molar-refractivity contribution is -0.227. The van der Waals surface area contributed by atoms with Gasteiger partial charge in [0.2, 0.25) is 20.1 Å². The van der Waals surface area contributed by atoms with E-state index in [4.69, 9.17) is 23.5 Å². The van der Waals surface area contributed by atoms with Gasteiger partial charge in [0, 0.05) is 114 Å². The minimum absolute atomic E-state index is 0.00967. The Morgan fingerprint density at radius 1 is 0.811 bits per heavy atom. The third-order valence-corrected chi connectivity index (χ3v) is 31.9. The van der Waals surface area contributed by atoms with Gasteiger partial charge in [-0.3, -0.25) is 33.8 Å². The number of hydrogen-bond donors (Lipinski definition) is 12. The molecule has 106 heavy (non-hydrogen) atoms. The van der Waals surface area contributed by atoms with E-state index < -0.39 is 128 Å². The molecule has 12 N–H and O–H groups in total. The molecule has 3 unspecified atom stereocenters. The first-order chi connectivity index (χ1) is 49.8. The topological polar surface area (TPSA) is 401 Å². The molecule has 4 aromatic rings. The Balaban J connectivity index is 0.00000426. The summed E-state index contributed by atoms with van der Waals surface area (Å²) in [5.74, 6) is -6.43. The quantitative estimate of drug-likeness (QED) is 0.00998. The predicted molar refractivity (Wildman–Crippen MR) is 399 cm³/mol. The highest BCUT2D eigenvalue weighted by atomic mass is 28.4. The number of nitrogens with one attached hydrogen (secondary N) is 5. The van der Waals surface area contributed by atoms with Crippen molar-refractivity contribution in [3.8, 4) is 5.75 Å². The Labute approximate surface area is 621 Å². The van der Waals surface area contributed by atoms with Gasteiger partial charge in [-0.2, -0.15) is 9.59 Å². The number of para-hydroxylation sites is 1. The third-order valence-electron chi connectivity index (χ3n) is 24.5. The summed E-state index contributed by atoms with van der Waals surface area (Å²) < 4.78 is 13.5. The number of nitrogens with zero attached hydrogens (tertiary/aromatic N) is 2. The van der Waals surface area contributed by atoms with E-state index in [2.05, 4.69) is 112 Å². The van der Waals surface area contributed by atoms with Crippen LogP contribution in [0.5, 0.6) is 5.75 Å². The van der Waals surface area contributed by atoms with Gasteiger partial charge < -0.3 is 70.8 Å². The number of piperidine rings is 1. The lowest BCUT2D eigenvalue weighted by atomic mass is 9.45. The average molecular weight is 1500 g/mol. The zero-order chi connectivity index (χ0) is 77.9. The molecule has 1 saturated carbocycles. The number of amides is 4. The SMILES string of the molecule is CC[C@]1(O)C[C@H]2CN(CCc3c([nH]c4ccccc34)[C@@](C)(c3cc4c(cc3OC)C(C)[C@H]3[C@@](O)(CCC(=O)c5ccc([Si](C)(C)O[Si](C)(C)CC(NC(=O)CCCCCNC(=O)CC[C@](C)(NC(=O)N[C@@](C)(CCC(=O)O)C(=O)O)C(=O)O)C(=O)O)cc5)[C@H](O)[C@]5(CC)C=CCN6CC[C@]43[C@H]65)C2)C1.O=C=O. The normalized spacial score (nSPS) is 27.9. The minimum atomic E-state index is -2.85. The number of aromatic nitrogens is 1. The van der Waals surface area contributed by atoms with Crippen molar-refractivity contribution in [2.75, 3.05) is 46.4 Å². The molecule has 26 nitrogen and oxygen atoms in total. The van der Waals surface area contributed by atoms with Gasteiger partial charge >= 0.3 is 36.1 Å². The van der Waals surface area contributed by atoms with Gasteiger partial charge in [-0.15, -0.1) is 0 Å². The van der Waals surface area contributed by atoms with Crippen molar-refractivity contribution in [3.05, 3.63) is 106 Å². The zero-order valence-corrected chi connectivity index (χ0v) is 65.1. The van der Waals surface area contributed by atoms with Crippen LogP contribution in [-0.2, 0) is 59.7 Å². The van der Waals surface area contributed by atoms with Crippen molar-refractivity contribution >= 4 is 86.4 Å². The van der Waals surface area contributed by atoms with Crippen LogP contribution in [0.1, 0.15) is 182 Å². The standard InChI is InChI=1S/C77H109N7O17Si2.CO2/c1-12-74(98)43-48-42-71(4,64-52(30-38-83(44-48)46-74)51-20-16-17-21-56(51)80-64)55-41-54-53(40-59(55)100-7)47(3)63-76(54)35-39-84-37-19-31-75(13-2,66(76)84)67(92)77(63,99)34-27-58(85)49-23-25-50(26-24-49)103(10,11)101-102(8,9)45-57(65(90)91)79-61(87)22-15-14-18-36-78-60(86)28-32-72(5,68(93)94)81-70(97)82-73(6,69(95)96)33-29-62(88)89;2-1-3/h16-17,19-21,23-26,31,40-41,47-48,57,63,66-67,80,92,98-99H,12-15,18,22,27-30,32-39,42-46H2,1-11H3,(H,78,86)(H,79,87)(H,88,89)(H,90,91)(H,93,94)(H,95,96)(H2,81,82,97);/t47?,48-,57?,63+,66+,67+,71+,72-,73-,74-,75+,76-,77-;/m0./s1. The van der Waals surface area contributed by atoms with E-state index in [0.717, 1.165) is 86.9 Å².